The van der Waals surface area contributed by atoms with Crippen molar-refractivity contribution < 1.29 is 39.6 Å². The molecule has 0 saturated carbocycles. The zero-order valence-electron chi connectivity index (χ0n) is 23.0. The Morgan fingerprint density at radius 1 is 0.949 bits per heavy atom. The predicted octanol–water partition coefficient (Wildman–Crippen LogP) is 4.19. The number of hydrogen-bond donors (Lipinski definition) is 5. The number of rotatable bonds is 19. The second-order valence-corrected chi connectivity index (χ2v) is 10.3. The third kappa shape index (κ3) is 11.4. The van der Waals surface area contributed by atoms with Gasteiger partial charge in [0.25, 0.3) is 5.69 Å². The van der Waals surface area contributed by atoms with Gasteiger partial charge >= 0.3 is 0 Å². The number of aliphatic hydroxyl groups excluding tert-OH is 4. The Labute approximate surface area is 230 Å². The summed E-state index contributed by atoms with van der Waals surface area (Å²) < 4.78 is 10.7. The van der Waals surface area contributed by atoms with Crippen molar-refractivity contribution in [3.05, 3.63) is 28.3 Å². The highest BCUT2D eigenvalue weighted by Crippen LogP contribution is 2.33. The van der Waals surface area contributed by atoms with Crippen LogP contribution in [0.25, 0.3) is 0 Å². The van der Waals surface area contributed by atoms with E-state index in [9.17, 15) is 35.3 Å². The third-order valence-electron chi connectivity index (χ3n) is 7.06. The summed E-state index contributed by atoms with van der Waals surface area (Å²) >= 11 is 0. The molecule has 39 heavy (non-hydrogen) atoms. The Morgan fingerprint density at radius 2 is 1.51 bits per heavy atom. The van der Waals surface area contributed by atoms with Gasteiger partial charge in [-0.25, -0.2) is 0 Å². The van der Waals surface area contributed by atoms with E-state index in [2.05, 4.69) is 12.2 Å². The van der Waals surface area contributed by atoms with E-state index in [0.717, 1.165) is 31.4 Å². The number of anilines is 1. The zero-order valence-corrected chi connectivity index (χ0v) is 23.0. The molecule has 1 amide bonds. The fourth-order valence-corrected chi connectivity index (χ4v) is 4.69. The largest absolute Gasteiger partial charge is 0.480 e. The number of carbonyl (C=O) groups is 1. The van der Waals surface area contributed by atoms with Gasteiger partial charge in [-0.15, -0.1) is 0 Å². The van der Waals surface area contributed by atoms with Crippen LogP contribution in [-0.4, -0.2) is 68.6 Å². The summed E-state index contributed by atoms with van der Waals surface area (Å²) in [5.74, 6) is -0.384. The lowest BCUT2D eigenvalue weighted by Gasteiger charge is -2.40. The van der Waals surface area contributed by atoms with E-state index in [-0.39, 0.29) is 29.5 Å². The summed E-state index contributed by atoms with van der Waals surface area (Å²) in [6.45, 7) is 1.60. The first-order valence-corrected chi connectivity index (χ1v) is 14.3. The highest BCUT2D eigenvalue weighted by atomic mass is 16.7. The minimum absolute atomic E-state index is 0.00191. The van der Waals surface area contributed by atoms with Gasteiger partial charge in [-0.3, -0.25) is 14.9 Å². The lowest BCUT2D eigenvalue weighted by molar-refractivity contribution is -0.384. The molecule has 1 aliphatic rings. The number of nitrogens with one attached hydrogen (secondary N) is 1. The number of benzene rings is 1. The minimum Gasteiger partial charge on any atom is -0.480 e. The molecule has 1 saturated heterocycles. The maximum absolute atomic E-state index is 12.6. The molecule has 0 aromatic heterocycles. The van der Waals surface area contributed by atoms with Crippen LogP contribution in [0.1, 0.15) is 96.8 Å². The summed E-state index contributed by atoms with van der Waals surface area (Å²) in [7, 11) is 0. The van der Waals surface area contributed by atoms with Gasteiger partial charge in [-0.1, -0.05) is 84.0 Å². The quantitative estimate of drug-likeness (QED) is 0.0955. The molecule has 1 aliphatic heterocycles. The molecule has 222 valence electrons. The Bertz CT molecular complexity index is 869. The lowest BCUT2D eigenvalue weighted by Crippen LogP contribution is -2.60. The molecular formula is C28H46N2O9. The van der Waals surface area contributed by atoms with Crippen LogP contribution < -0.4 is 10.1 Å². The highest BCUT2D eigenvalue weighted by molar-refractivity contribution is 5.92. The summed E-state index contributed by atoms with van der Waals surface area (Å²) in [6, 6.07) is 3.53. The van der Waals surface area contributed by atoms with Crippen LogP contribution in [-0.2, 0) is 9.53 Å². The predicted molar refractivity (Wildman–Crippen MR) is 146 cm³/mol. The van der Waals surface area contributed by atoms with E-state index in [4.69, 9.17) is 9.47 Å². The normalized spacial score (nSPS) is 22.9. The number of non-ortho nitro benzene ring substituents is 1. The van der Waals surface area contributed by atoms with Gasteiger partial charge in [-0.2, -0.15) is 0 Å². The van der Waals surface area contributed by atoms with Crippen LogP contribution in [0, 0.1) is 10.1 Å². The number of nitro benzene ring substituents is 1. The molecule has 5 atom stereocenters. The van der Waals surface area contributed by atoms with Crippen LogP contribution in [0.2, 0.25) is 0 Å². The van der Waals surface area contributed by atoms with Crippen molar-refractivity contribution in [1.29, 1.82) is 0 Å². The number of hydrogen-bond acceptors (Lipinski definition) is 9. The van der Waals surface area contributed by atoms with Crippen molar-refractivity contribution in [2.75, 3.05) is 11.9 Å². The van der Waals surface area contributed by atoms with Gasteiger partial charge in [0.2, 0.25) is 5.91 Å². The summed E-state index contributed by atoms with van der Waals surface area (Å²) in [5, 5.41) is 53.8. The number of ether oxygens (including phenoxy) is 2. The van der Waals surface area contributed by atoms with Crippen LogP contribution in [0.5, 0.6) is 5.75 Å². The van der Waals surface area contributed by atoms with Gasteiger partial charge in [0.05, 0.1) is 17.2 Å². The van der Waals surface area contributed by atoms with Crippen molar-refractivity contribution in [3.63, 3.8) is 0 Å². The minimum atomic E-state index is -1.69. The first kappa shape index (κ1) is 32.9. The van der Waals surface area contributed by atoms with Gasteiger partial charge < -0.3 is 35.2 Å². The molecule has 1 aromatic carbocycles. The molecule has 5 N–H and O–H groups in total. The number of aliphatic hydroxyl groups is 4. The maximum atomic E-state index is 12.6. The fourth-order valence-electron chi connectivity index (χ4n) is 4.69. The van der Waals surface area contributed by atoms with Gasteiger partial charge in [0, 0.05) is 18.6 Å². The van der Waals surface area contributed by atoms with E-state index in [1.165, 1.54) is 63.9 Å². The molecule has 0 bridgehead atoms. The number of carbonyl (C=O) groups excluding carboxylic acids is 1. The second-order valence-electron chi connectivity index (χ2n) is 10.3. The molecule has 1 aromatic rings. The Morgan fingerprint density at radius 3 is 2.05 bits per heavy atom. The van der Waals surface area contributed by atoms with Gasteiger partial charge in [0.1, 0.15) is 24.1 Å². The van der Waals surface area contributed by atoms with Crippen molar-refractivity contribution in [2.24, 2.45) is 0 Å². The first-order chi connectivity index (χ1) is 18.8. The Kier molecular flexibility index (Phi) is 15.3. The van der Waals surface area contributed by atoms with E-state index < -0.39 is 42.2 Å². The van der Waals surface area contributed by atoms with Gasteiger partial charge in [-0.05, 0) is 12.5 Å². The molecule has 0 unspecified atom stereocenters. The standard InChI is InChI=1S/C28H46N2O9/c1-2-3-4-5-6-7-8-9-10-11-12-13-14-15-24(32)29-21-18-20(30(36)37)16-17-22(21)38-27-26(34)25(33)23(19-31)39-28(27)35/h16-18,23,25-28,31,33-35H,2-15,19H2,1H3,(H,29,32)/t23-,25-,26+,27-,28-/m1/s1. The molecule has 1 fully saturated rings. The van der Waals surface area contributed by atoms with Crippen molar-refractivity contribution in [2.45, 2.75) is 128 Å². The fraction of sp³-hybridized carbons (Fsp3) is 0.750. The zero-order chi connectivity index (χ0) is 28.6. The maximum Gasteiger partial charge on any atom is 0.271 e. The van der Waals surface area contributed by atoms with E-state index >= 15 is 0 Å². The Balaban J connectivity index is 1.78. The lowest BCUT2D eigenvalue weighted by atomic mass is 9.99. The first-order valence-electron chi connectivity index (χ1n) is 14.3. The smallest absolute Gasteiger partial charge is 0.271 e. The summed E-state index contributed by atoms with van der Waals surface area (Å²) in [6.07, 6.45) is 8.16. The van der Waals surface area contributed by atoms with Crippen molar-refractivity contribution in [1.82, 2.24) is 0 Å². The third-order valence-corrected chi connectivity index (χ3v) is 7.06. The topological polar surface area (TPSA) is 172 Å². The van der Waals surface area contributed by atoms with Crippen molar-refractivity contribution >= 4 is 17.3 Å². The van der Waals surface area contributed by atoms with Crippen LogP contribution >= 0.6 is 0 Å². The van der Waals surface area contributed by atoms with Gasteiger partial charge in [0.15, 0.2) is 12.4 Å². The molecule has 0 radical (unpaired) electrons. The molecule has 0 aliphatic carbocycles. The molecule has 11 heteroatoms. The second kappa shape index (κ2) is 18.1. The SMILES string of the molecule is CCCCCCCCCCCCCCCC(=O)Nc1cc([N+](=O)[O-])ccc1O[C@@H]1[C@@H](O)[C@H](O)[C@@H](CO)O[C@H]1O. The number of amides is 1. The van der Waals surface area contributed by atoms with E-state index in [0.29, 0.717) is 6.42 Å². The van der Waals surface area contributed by atoms with E-state index in [1.807, 2.05) is 0 Å². The monoisotopic (exact) mass is 554 g/mol. The van der Waals surface area contributed by atoms with Crippen LogP contribution in [0.3, 0.4) is 0 Å². The molecule has 11 nitrogen and oxygen atoms in total. The van der Waals surface area contributed by atoms with Crippen LogP contribution in [0.4, 0.5) is 11.4 Å². The summed E-state index contributed by atoms with van der Waals surface area (Å²) in [5.41, 5.74) is -0.276. The molecule has 0 spiro atoms. The Hall–Kier alpha value is -2.31. The number of nitro groups is 1. The highest BCUT2D eigenvalue weighted by Gasteiger charge is 2.45. The average Bonchev–Trinajstić information content (AvgIpc) is 2.91. The molecule has 1 heterocycles. The molecular weight excluding hydrogens is 508 g/mol. The number of unbranched alkanes of at least 4 members (excludes halogenated alkanes) is 12. The van der Waals surface area contributed by atoms with Crippen molar-refractivity contribution in [3.8, 4) is 5.75 Å². The summed E-state index contributed by atoms with van der Waals surface area (Å²) in [4.78, 5) is 23.2. The number of nitrogens with zero attached hydrogens (tertiary/aromatic N) is 1. The van der Waals surface area contributed by atoms with Crippen LogP contribution in [0.15, 0.2) is 18.2 Å². The van der Waals surface area contributed by atoms with E-state index in [1.54, 1.807) is 0 Å². The molecule has 2 rings (SSSR count). The average molecular weight is 555 g/mol.